The zero-order valence-corrected chi connectivity index (χ0v) is 9.32. The van der Waals surface area contributed by atoms with Gasteiger partial charge in [-0.25, -0.2) is 9.97 Å². The highest BCUT2D eigenvalue weighted by Crippen LogP contribution is 2.24. The Balaban J connectivity index is 2.87. The molecular formula is C8H9IN4. The van der Waals surface area contributed by atoms with Crippen molar-refractivity contribution in [3.63, 3.8) is 0 Å². The Kier molecular flexibility index (Phi) is 2.10. The van der Waals surface area contributed by atoms with Crippen molar-refractivity contribution in [2.24, 2.45) is 0 Å². The number of anilines is 1. The minimum atomic E-state index is 0.557. The number of aromatic nitrogens is 3. The summed E-state index contributed by atoms with van der Waals surface area (Å²) in [7, 11) is 0. The maximum Gasteiger partial charge on any atom is 0.146 e. The molecule has 13 heavy (non-hydrogen) atoms. The molecule has 0 amide bonds. The molecule has 68 valence electrons. The molecule has 0 fully saturated rings. The van der Waals surface area contributed by atoms with Gasteiger partial charge in [0, 0.05) is 16.3 Å². The Labute approximate surface area is 89.3 Å². The number of aryl methyl sites for hydroxylation is 1. The summed E-state index contributed by atoms with van der Waals surface area (Å²) in [6, 6.07) is 0. The van der Waals surface area contributed by atoms with Crippen LogP contribution >= 0.6 is 22.6 Å². The number of halogens is 1. The molecule has 0 spiro atoms. The normalized spacial score (nSPS) is 10.9. The predicted octanol–water partition coefficient (Wildman–Crippen LogP) is 1.64. The number of hydrogen-bond acceptors (Lipinski definition) is 3. The molecule has 0 aliphatic carbocycles. The third kappa shape index (κ3) is 1.27. The van der Waals surface area contributed by atoms with Crippen LogP contribution in [-0.2, 0) is 6.54 Å². The molecule has 2 aromatic rings. The van der Waals surface area contributed by atoms with Crippen molar-refractivity contribution in [1.82, 2.24) is 14.5 Å². The molecule has 5 heteroatoms. The molecule has 0 radical (unpaired) electrons. The molecule has 2 N–H and O–H groups in total. The van der Waals surface area contributed by atoms with E-state index in [9.17, 15) is 0 Å². The van der Waals surface area contributed by atoms with Gasteiger partial charge in [-0.1, -0.05) is 0 Å². The summed E-state index contributed by atoms with van der Waals surface area (Å²) in [5.74, 6) is 0.557. The van der Waals surface area contributed by atoms with Crippen molar-refractivity contribution in [2.45, 2.75) is 13.5 Å². The van der Waals surface area contributed by atoms with Crippen LogP contribution in [0.15, 0.2) is 12.5 Å². The minimum Gasteiger partial charge on any atom is -0.383 e. The summed E-state index contributed by atoms with van der Waals surface area (Å²) >= 11 is 2.25. The molecule has 0 saturated carbocycles. The van der Waals surface area contributed by atoms with Gasteiger partial charge in [-0.05, 0) is 29.5 Å². The lowest BCUT2D eigenvalue weighted by atomic mass is 10.4. The van der Waals surface area contributed by atoms with Crippen molar-refractivity contribution in [2.75, 3.05) is 5.73 Å². The van der Waals surface area contributed by atoms with E-state index in [4.69, 9.17) is 5.73 Å². The van der Waals surface area contributed by atoms with E-state index >= 15 is 0 Å². The van der Waals surface area contributed by atoms with Crippen molar-refractivity contribution >= 4 is 39.4 Å². The standard InChI is InChI=1S/C8H9IN4/c1-2-13-3-5(9)6-7(10)11-4-12-8(6)13/h3-4H,2H2,1H3,(H2,10,11,12). The van der Waals surface area contributed by atoms with Gasteiger partial charge in [-0.3, -0.25) is 0 Å². The Bertz CT molecular complexity index is 449. The maximum atomic E-state index is 5.76. The van der Waals surface area contributed by atoms with Gasteiger partial charge in [0.1, 0.15) is 17.8 Å². The van der Waals surface area contributed by atoms with Crippen LogP contribution in [0.5, 0.6) is 0 Å². The number of nitrogens with two attached hydrogens (primary N) is 1. The molecule has 2 heterocycles. The SMILES string of the molecule is CCn1cc(I)c2c(N)ncnc21. The van der Waals surface area contributed by atoms with Crippen LogP contribution in [0.3, 0.4) is 0 Å². The van der Waals surface area contributed by atoms with Crippen molar-refractivity contribution < 1.29 is 0 Å². The van der Waals surface area contributed by atoms with Gasteiger partial charge in [-0.15, -0.1) is 0 Å². The first-order chi connectivity index (χ1) is 6.24. The van der Waals surface area contributed by atoms with Gasteiger partial charge in [0.25, 0.3) is 0 Å². The van der Waals surface area contributed by atoms with Gasteiger partial charge in [0.05, 0.1) is 5.39 Å². The van der Waals surface area contributed by atoms with Crippen molar-refractivity contribution in [3.8, 4) is 0 Å². The molecule has 0 saturated heterocycles. The first kappa shape index (κ1) is 8.74. The molecule has 0 aliphatic heterocycles. The summed E-state index contributed by atoms with van der Waals surface area (Å²) < 4.78 is 3.17. The molecule has 4 nitrogen and oxygen atoms in total. The highest BCUT2D eigenvalue weighted by Gasteiger charge is 2.09. The fourth-order valence-electron chi connectivity index (χ4n) is 1.34. The minimum absolute atomic E-state index is 0.557. The number of nitrogen functional groups attached to an aromatic ring is 1. The molecule has 0 aliphatic rings. The Hall–Kier alpha value is -0.850. The summed E-state index contributed by atoms with van der Waals surface area (Å²) in [6.07, 6.45) is 3.54. The smallest absolute Gasteiger partial charge is 0.146 e. The van der Waals surface area contributed by atoms with E-state index in [1.165, 1.54) is 6.33 Å². The van der Waals surface area contributed by atoms with Gasteiger partial charge < -0.3 is 10.3 Å². The number of nitrogens with zero attached hydrogens (tertiary/aromatic N) is 3. The lowest BCUT2D eigenvalue weighted by Crippen LogP contribution is -1.96. The summed E-state index contributed by atoms with van der Waals surface area (Å²) in [6.45, 7) is 2.98. The van der Waals surface area contributed by atoms with E-state index in [1.807, 2.05) is 6.20 Å². The van der Waals surface area contributed by atoms with Gasteiger partial charge in [0.2, 0.25) is 0 Å². The summed E-state index contributed by atoms with van der Waals surface area (Å²) in [5, 5.41) is 0.963. The third-order valence-corrected chi connectivity index (χ3v) is 2.80. The zero-order valence-electron chi connectivity index (χ0n) is 7.16. The van der Waals surface area contributed by atoms with Crippen molar-refractivity contribution in [1.29, 1.82) is 0 Å². The lowest BCUT2D eigenvalue weighted by molar-refractivity contribution is 0.785. The zero-order chi connectivity index (χ0) is 9.42. The molecule has 0 unspecified atom stereocenters. The number of hydrogen-bond donors (Lipinski definition) is 1. The third-order valence-electron chi connectivity index (χ3n) is 1.98. The quantitative estimate of drug-likeness (QED) is 0.812. The fourth-order valence-corrected chi connectivity index (χ4v) is 2.19. The largest absolute Gasteiger partial charge is 0.383 e. The monoisotopic (exact) mass is 288 g/mol. The van der Waals surface area contributed by atoms with Crippen LogP contribution in [0, 0.1) is 3.57 Å². The average Bonchev–Trinajstić information content (AvgIpc) is 2.44. The topological polar surface area (TPSA) is 56.7 Å². The van der Waals surface area contributed by atoms with E-state index in [2.05, 4.69) is 44.0 Å². The highest BCUT2D eigenvalue weighted by molar-refractivity contribution is 14.1. The van der Waals surface area contributed by atoms with Crippen LogP contribution < -0.4 is 5.73 Å². The van der Waals surface area contributed by atoms with E-state index < -0.39 is 0 Å². The molecule has 0 bridgehead atoms. The van der Waals surface area contributed by atoms with Crippen LogP contribution in [0.2, 0.25) is 0 Å². The fraction of sp³-hybridized carbons (Fsp3) is 0.250. The van der Waals surface area contributed by atoms with Crippen LogP contribution in [-0.4, -0.2) is 14.5 Å². The predicted molar refractivity (Wildman–Crippen MR) is 60.3 cm³/mol. The van der Waals surface area contributed by atoms with Crippen molar-refractivity contribution in [3.05, 3.63) is 16.1 Å². The van der Waals surface area contributed by atoms with E-state index in [0.29, 0.717) is 5.82 Å². The van der Waals surface area contributed by atoms with Gasteiger partial charge in [0.15, 0.2) is 0 Å². The first-order valence-corrected chi connectivity index (χ1v) is 5.06. The Morgan fingerprint density at radius 1 is 1.54 bits per heavy atom. The Morgan fingerprint density at radius 2 is 2.31 bits per heavy atom. The lowest BCUT2D eigenvalue weighted by Gasteiger charge is -1.98. The van der Waals surface area contributed by atoms with E-state index in [0.717, 1.165) is 21.1 Å². The second-order valence-electron chi connectivity index (χ2n) is 2.72. The number of fused-ring (bicyclic) bond motifs is 1. The van der Waals surface area contributed by atoms with E-state index in [1.54, 1.807) is 0 Å². The molecular weight excluding hydrogens is 279 g/mol. The summed E-state index contributed by atoms with van der Waals surface area (Å²) in [4.78, 5) is 8.17. The average molecular weight is 288 g/mol. The van der Waals surface area contributed by atoms with Crippen LogP contribution in [0.25, 0.3) is 11.0 Å². The van der Waals surface area contributed by atoms with Crippen LogP contribution in [0.4, 0.5) is 5.82 Å². The molecule has 0 aromatic carbocycles. The Morgan fingerprint density at radius 3 is 3.00 bits per heavy atom. The van der Waals surface area contributed by atoms with Crippen LogP contribution in [0.1, 0.15) is 6.92 Å². The highest BCUT2D eigenvalue weighted by atomic mass is 127. The molecule has 2 aromatic heterocycles. The molecule has 2 rings (SSSR count). The van der Waals surface area contributed by atoms with Gasteiger partial charge in [-0.2, -0.15) is 0 Å². The number of rotatable bonds is 1. The first-order valence-electron chi connectivity index (χ1n) is 3.99. The second kappa shape index (κ2) is 3.13. The second-order valence-corrected chi connectivity index (χ2v) is 3.88. The molecule has 0 atom stereocenters. The van der Waals surface area contributed by atoms with Gasteiger partial charge >= 0.3 is 0 Å². The maximum absolute atomic E-state index is 5.76. The summed E-state index contributed by atoms with van der Waals surface area (Å²) in [5.41, 5.74) is 6.67. The van der Waals surface area contributed by atoms with E-state index in [-0.39, 0.29) is 0 Å².